The van der Waals surface area contributed by atoms with Crippen molar-refractivity contribution in [3.8, 4) is 0 Å². The summed E-state index contributed by atoms with van der Waals surface area (Å²) in [6, 6.07) is 3.02. The van der Waals surface area contributed by atoms with Gasteiger partial charge in [-0.1, -0.05) is 6.92 Å². The van der Waals surface area contributed by atoms with Gasteiger partial charge in [0.1, 0.15) is 4.90 Å². The van der Waals surface area contributed by atoms with Gasteiger partial charge in [0, 0.05) is 26.4 Å². The summed E-state index contributed by atoms with van der Waals surface area (Å²) in [7, 11) is -2.09. The van der Waals surface area contributed by atoms with Gasteiger partial charge in [-0.15, -0.1) is 0 Å². The first-order chi connectivity index (χ1) is 8.57. The van der Waals surface area contributed by atoms with E-state index in [2.05, 4.69) is 10.4 Å². The average Bonchev–Trinajstić information content (AvgIpc) is 2.39. The molecule has 0 aliphatic heterocycles. The van der Waals surface area contributed by atoms with Gasteiger partial charge < -0.3 is 10.2 Å². The Hall–Kier alpha value is -1.22. The van der Waals surface area contributed by atoms with Crippen molar-refractivity contribution in [3.05, 3.63) is 18.3 Å². The molecule has 18 heavy (non-hydrogen) atoms. The number of nitrogen functional groups attached to an aromatic ring is 1. The minimum Gasteiger partial charge on any atom is -0.383 e. The minimum absolute atomic E-state index is 0.0606. The first kappa shape index (κ1) is 14.8. The molecule has 0 spiro atoms. The lowest BCUT2D eigenvalue weighted by molar-refractivity contribution is 0.180. The summed E-state index contributed by atoms with van der Waals surface area (Å²) in [6.07, 6.45) is 1.47. The maximum absolute atomic E-state index is 12.4. The second kappa shape index (κ2) is 6.64. The summed E-state index contributed by atoms with van der Waals surface area (Å²) in [4.78, 5) is 3.95. The van der Waals surface area contributed by atoms with E-state index in [1.54, 1.807) is 13.0 Å². The van der Waals surface area contributed by atoms with Crippen molar-refractivity contribution in [1.29, 1.82) is 0 Å². The highest BCUT2D eigenvalue weighted by atomic mass is 32.2. The van der Waals surface area contributed by atoms with E-state index in [1.807, 2.05) is 0 Å². The molecule has 8 heteroatoms. The highest BCUT2D eigenvalue weighted by Gasteiger charge is 2.25. The van der Waals surface area contributed by atoms with Crippen LogP contribution in [0.3, 0.4) is 0 Å². The lowest BCUT2D eigenvalue weighted by Gasteiger charge is -2.21. The summed E-state index contributed by atoms with van der Waals surface area (Å²) in [5.41, 5.74) is 2.29. The van der Waals surface area contributed by atoms with Gasteiger partial charge in [-0.2, -0.15) is 4.31 Å². The van der Waals surface area contributed by atoms with E-state index < -0.39 is 10.0 Å². The van der Waals surface area contributed by atoms with Crippen molar-refractivity contribution >= 4 is 15.8 Å². The maximum Gasteiger partial charge on any atom is 0.246 e. The van der Waals surface area contributed by atoms with Crippen LogP contribution in [-0.2, 0) is 14.8 Å². The molecule has 0 saturated carbocycles. The molecule has 0 bridgehead atoms. The number of nitrogens with two attached hydrogens (primary N) is 1. The molecule has 1 rings (SSSR count). The van der Waals surface area contributed by atoms with Gasteiger partial charge in [-0.25, -0.2) is 19.2 Å². The number of hydrogen-bond donors (Lipinski definition) is 2. The molecule has 0 aliphatic rings. The van der Waals surface area contributed by atoms with E-state index in [0.29, 0.717) is 13.2 Å². The van der Waals surface area contributed by atoms with Crippen LogP contribution in [0.2, 0.25) is 0 Å². The normalized spacial score (nSPS) is 11.8. The zero-order valence-electron chi connectivity index (χ0n) is 10.5. The van der Waals surface area contributed by atoms with Crippen molar-refractivity contribution in [3.63, 3.8) is 0 Å². The Morgan fingerprint density at radius 3 is 2.83 bits per heavy atom. The molecule has 0 unspecified atom stereocenters. The van der Waals surface area contributed by atoms with Crippen LogP contribution < -0.4 is 11.3 Å². The molecule has 0 saturated heterocycles. The molecule has 0 atom stereocenters. The third-order valence-corrected chi connectivity index (χ3v) is 4.43. The summed E-state index contributed by atoms with van der Waals surface area (Å²) < 4.78 is 31.0. The molecule has 0 aliphatic carbocycles. The van der Waals surface area contributed by atoms with E-state index in [1.165, 1.54) is 23.7 Å². The van der Waals surface area contributed by atoms with Crippen LogP contribution in [0.4, 0.5) is 5.82 Å². The molecule has 1 heterocycles. The van der Waals surface area contributed by atoms with Crippen LogP contribution in [0.1, 0.15) is 6.92 Å². The number of methoxy groups -OCH3 is 1. The molecular weight excluding hydrogens is 256 g/mol. The first-order valence-corrected chi connectivity index (χ1v) is 6.92. The molecule has 3 N–H and O–H groups in total. The predicted molar refractivity (Wildman–Crippen MR) is 68.4 cm³/mol. The molecule has 0 amide bonds. The fourth-order valence-electron chi connectivity index (χ4n) is 1.49. The Balaban J connectivity index is 3.10. The van der Waals surface area contributed by atoms with Gasteiger partial charge in [-0.3, -0.25) is 0 Å². The molecule has 1 aromatic rings. The standard InChI is InChI=1S/C10H18N4O3S/c1-3-14(7-8-17-2)18(15,16)9-5-4-6-12-10(9)13-11/h4-6H,3,7-8,11H2,1-2H3,(H,12,13). The topological polar surface area (TPSA) is 97.5 Å². The summed E-state index contributed by atoms with van der Waals surface area (Å²) in [6.45, 7) is 2.73. The zero-order valence-corrected chi connectivity index (χ0v) is 11.3. The van der Waals surface area contributed by atoms with Gasteiger partial charge in [-0.05, 0) is 12.1 Å². The largest absolute Gasteiger partial charge is 0.383 e. The fraction of sp³-hybridized carbons (Fsp3) is 0.500. The van der Waals surface area contributed by atoms with Crippen molar-refractivity contribution in [2.75, 3.05) is 32.2 Å². The first-order valence-electron chi connectivity index (χ1n) is 5.48. The van der Waals surface area contributed by atoms with Crippen LogP contribution in [0.15, 0.2) is 23.2 Å². The maximum atomic E-state index is 12.4. The van der Waals surface area contributed by atoms with Gasteiger partial charge in [0.25, 0.3) is 0 Å². The summed E-state index contributed by atoms with van der Waals surface area (Å²) >= 11 is 0. The number of rotatable bonds is 7. The van der Waals surface area contributed by atoms with E-state index in [-0.39, 0.29) is 17.3 Å². The van der Waals surface area contributed by atoms with Crippen LogP contribution >= 0.6 is 0 Å². The fourth-order valence-corrected chi connectivity index (χ4v) is 3.03. The Kier molecular flexibility index (Phi) is 5.48. The third kappa shape index (κ3) is 3.16. The van der Waals surface area contributed by atoms with Crippen molar-refractivity contribution in [2.45, 2.75) is 11.8 Å². The number of nitrogens with one attached hydrogen (secondary N) is 1. The van der Waals surface area contributed by atoms with Crippen LogP contribution in [0, 0.1) is 0 Å². The number of hydrazine groups is 1. The monoisotopic (exact) mass is 274 g/mol. The molecular formula is C10H18N4O3S. The SMILES string of the molecule is CCN(CCOC)S(=O)(=O)c1cccnc1NN. The Morgan fingerprint density at radius 2 is 2.28 bits per heavy atom. The number of pyridine rings is 1. The van der Waals surface area contributed by atoms with Gasteiger partial charge in [0.2, 0.25) is 10.0 Å². The second-order valence-electron chi connectivity index (χ2n) is 3.48. The van der Waals surface area contributed by atoms with Crippen LogP contribution in [-0.4, -0.2) is 44.5 Å². The molecule has 0 radical (unpaired) electrons. The molecule has 1 aromatic heterocycles. The molecule has 0 fully saturated rings. The van der Waals surface area contributed by atoms with E-state index in [9.17, 15) is 8.42 Å². The third-order valence-electron chi connectivity index (χ3n) is 2.42. The second-order valence-corrected chi connectivity index (χ2v) is 5.39. The molecule has 0 aromatic carbocycles. The number of anilines is 1. The average molecular weight is 274 g/mol. The number of sulfonamides is 1. The molecule has 7 nitrogen and oxygen atoms in total. The number of aromatic nitrogens is 1. The summed E-state index contributed by atoms with van der Waals surface area (Å²) in [5, 5.41) is 0. The predicted octanol–water partition coefficient (Wildman–Crippen LogP) is 0.0242. The zero-order chi connectivity index (χ0) is 13.6. The van der Waals surface area contributed by atoms with Crippen molar-refractivity contribution in [1.82, 2.24) is 9.29 Å². The van der Waals surface area contributed by atoms with Gasteiger partial charge in [0.05, 0.1) is 6.61 Å². The van der Waals surface area contributed by atoms with E-state index >= 15 is 0 Å². The molecule has 102 valence electrons. The summed E-state index contributed by atoms with van der Waals surface area (Å²) in [5.74, 6) is 5.40. The van der Waals surface area contributed by atoms with Gasteiger partial charge in [0.15, 0.2) is 5.82 Å². The van der Waals surface area contributed by atoms with Crippen molar-refractivity contribution < 1.29 is 13.2 Å². The van der Waals surface area contributed by atoms with E-state index in [0.717, 1.165) is 0 Å². The Labute approximate surface area is 107 Å². The smallest absolute Gasteiger partial charge is 0.246 e. The highest BCUT2D eigenvalue weighted by Crippen LogP contribution is 2.21. The minimum atomic E-state index is -3.62. The van der Waals surface area contributed by atoms with Crippen LogP contribution in [0.25, 0.3) is 0 Å². The highest BCUT2D eigenvalue weighted by molar-refractivity contribution is 7.89. The quantitative estimate of drug-likeness (QED) is 0.537. The van der Waals surface area contributed by atoms with Gasteiger partial charge >= 0.3 is 0 Å². The number of nitrogens with zero attached hydrogens (tertiary/aromatic N) is 2. The number of likely N-dealkylation sites (N-methyl/N-ethyl adjacent to an activating group) is 1. The lowest BCUT2D eigenvalue weighted by Crippen LogP contribution is -2.34. The number of ether oxygens (including phenoxy) is 1. The lowest BCUT2D eigenvalue weighted by atomic mass is 10.5. The van der Waals surface area contributed by atoms with E-state index in [4.69, 9.17) is 10.6 Å². The van der Waals surface area contributed by atoms with Crippen LogP contribution in [0.5, 0.6) is 0 Å². The number of hydrogen-bond acceptors (Lipinski definition) is 6. The Bertz CT molecular complexity index is 478. The van der Waals surface area contributed by atoms with Crippen molar-refractivity contribution in [2.24, 2.45) is 5.84 Å². The Morgan fingerprint density at radius 1 is 1.56 bits per heavy atom.